The molecule has 0 aliphatic rings. The van der Waals surface area contributed by atoms with Crippen LogP contribution in [0.25, 0.3) is 0 Å². The molecule has 32 heavy (non-hydrogen) atoms. The number of benzene rings is 3. The van der Waals surface area contributed by atoms with E-state index in [1.807, 2.05) is 0 Å². The summed E-state index contributed by atoms with van der Waals surface area (Å²) >= 11 is 5.91. The highest BCUT2D eigenvalue weighted by Crippen LogP contribution is 2.31. The number of nitrogens with one attached hydrogen (secondary N) is 2. The van der Waals surface area contributed by atoms with Gasteiger partial charge in [-0.15, -0.1) is 0 Å². The van der Waals surface area contributed by atoms with Crippen molar-refractivity contribution in [1.82, 2.24) is 0 Å². The lowest BCUT2D eigenvalue weighted by molar-refractivity contribution is -0.351. The summed E-state index contributed by atoms with van der Waals surface area (Å²) in [6.07, 6.45) is -5.93. The van der Waals surface area contributed by atoms with Crippen molar-refractivity contribution >= 4 is 28.7 Å². The molecule has 3 aromatic rings. The van der Waals surface area contributed by atoms with Crippen LogP contribution in [-0.2, 0) is 12.4 Å². The number of alkyl halides is 6. The average molecular weight is 470 g/mol. The van der Waals surface area contributed by atoms with Crippen molar-refractivity contribution in [2.45, 2.75) is 12.4 Å². The molecular formula is C23H16ClF6N2+. The van der Waals surface area contributed by atoms with E-state index in [2.05, 4.69) is 10.3 Å². The minimum Gasteiger partial charge on any atom is -0.361 e. The highest BCUT2D eigenvalue weighted by molar-refractivity contribution is 6.30. The zero-order valence-corrected chi connectivity index (χ0v) is 17.0. The molecule has 0 fully saturated rings. The molecule has 0 radical (unpaired) electrons. The van der Waals surface area contributed by atoms with Crippen LogP contribution in [0.3, 0.4) is 0 Å². The number of hydrogen-bond acceptors (Lipinski definition) is 1. The molecule has 3 rings (SSSR count). The number of hydrogen-bond donors (Lipinski definition) is 2. The summed E-state index contributed by atoms with van der Waals surface area (Å²) in [7, 11) is 0. The highest BCUT2D eigenvalue weighted by Gasteiger charge is 2.31. The maximum Gasteiger partial charge on any atom is 0.416 e. The molecule has 0 atom stereocenters. The predicted octanol–water partition coefficient (Wildman–Crippen LogP) is 6.20. The van der Waals surface area contributed by atoms with E-state index in [-0.39, 0.29) is 5.69 Å². The van der Waals surface area contributed by atoms with Gasteiger partial charge in [0.25, 0.3) is 0 Å². The van der Waals surface area contributed by atoms with Crippen molar-refractivity contribution in [3.63, 3.8) is 0 Å². The molecular weight excluding hydrogens is 454 g/mol. The standard InChI is InChI=1S/C23H15ClF6N2/c24-18-8-4-15(5-9-18)21(32-19-10-6-16(7-11-19)22(25,26)27)12-13-31-20-3-1-2-17(14-20)23(28,29)30/h1-14,31H/p+1. The van der Waals surface area contributed by atoms with Crippen molar-refractivity contribution < 1.29 is 31.3 Å². The Balaban J connectivity index is 1.88. The van der Waals surface area contributed by atoms with Gasteiger partial charge in [-0.05, 0) is 54.6 Å². The number of anilines is 1. The lowest BCUT2D eigenvalue weighted by atomic mass is 10.1. The van der Waals surface area contributed by atoms with Crippen LogP contribution >= 0.6 is 11.6 Å². The molecule has 9 heteroatoms. The molecule has 0 heterocycles. The van der Waals surface area contributed by atoms with Crippen LogP contribution in [0, 0.1) is 0 Å². The van der Waals surface area contributed by atoms with Gasteiger partial charge in [0.15, 0.2) is 0 Å². The van der Waals surface area contributed by atoms with Crippen molar-refractivity contribution in [3.05, 3.63) is 107 Å². The van der Waals surface area contributed by atoms with Crippen LogP contribution in [-0.4, -0.2) is 5.71 Å². The third-order valence-corrected chi connectivity index (χ3v) is 4.59. The molecule has 0 saturated heterocycles. The summed E-state index contributed by atoms with van der Waals surface area (Å²) in [4.78, 5) is 3.01. The van der Waals surface area contributed by atoms with Gasteiger partial charge in [0.2, 0.25) is 11.4 Å². The molecule has 0 aliphatic heterocycles. The van der Waals surface area contributed by atoms with Gasteiger partial charge in [-0.2, -0.15) is 26.3 Å². The molecule has 2 N–H and O–H groups in total. The van der Waals surface area contributed by atoms with Crippen LogP contribution in [0.1, 0.15) is 16.7 Å². The van der Waals surface area contributed by atoms with Gasteiger partial charge in [0.05, 0.1) is 11.1 Å². The zero-order chi connectivity index (χ0) is 23.4. The number of allylic oxidation sites excluding steroid dienone is 1. The number of halogens is 7. The minimum atomic E-state index is -4.47. The Morgan fingerprint density at radius 2 is 1.41 bits per heavy atom. The Kier molecular flexibility index (Phi) is 6.93. The fraction of sp³-hybridized carbons (Fsp3) is 0.0870. The van der Waals surface area contributed by atoms with Crippen LogP contribution < -0.4 is 10.3 Å². The van der Waals surface area contributed by atoms with Crippen molar-refractivity contribution in [1.29, 1.82) is 0 Å². The largest absolute Gasteiger partial charge is 0.416 e. The van der Waals surface area contributed by atoms with Gasteiger partial charge in [0.1, 0.15) is 0 Å². The van der Waals surface area contributed by atoms with Gasteiger partial charge < -0.3 is 5.32 Å². The van der Waals surface area contributed by atoms with Gasteiger partial charge in [-0.25, -0.2) is 4.99 Å². The second-order valence-corrected chi connectivity index (χ2v) is 7.11. The summed E-state index contributed by atoms with van der Waals surface area (Å²) < 4.78 is 77.0. The van der Waals surface area contributed by atoms with Gasteiger partial charge in [0, 0.05) is 40.7 Å². The summed E-state index contributed by atoms with van der Waals surface area (Å²) in [5, 5.41) is 3.26. The monoisotopic (exact) mass is 469 g/mol. The second-order valence-electron chi connectivity index (χ2n) is 6.68. The molecule has 0 amide bonds. The van der Waals surface area contributed by atoms with Gasteiger partial charge >= 0.3 is 12.4 Å². The van der Waals surface area contributed by atoms with E-state index in [0.717, 1.165) is 24.3 Å². The Labute approximate surface area is 184 Å². The van der Waals surface area contributed by atoms with E-state index >= 15 is 0 Å². The highest BCUT2D eigenvalue weighted by atomic mass is 35.5. The van der Waals surface area contributed by atoms with E-state index < -0.39 is 23.5 Å². The SMILES string of the molecule is FC(F)(F)c1ccc([NH+]=C(C=CNc2cccc(C(F)(F)F)c2)c2ccc(Cl)cc2)cc1. The molecule has 3 aromatic carbocycles. The second kappa shape index (κ2) is 9.48. The molecule has 2 nitrogen and oxygen atoms in total. The van der Waals surface area contributed by atoms with E-state index in [1.54, 1.807) is 30.3 Å². The maximum atomic E-state index is 12.9. The lowest BCUT2D eigenvalue weighted by Crippen LogP contribution is -2.66. The van der Waals surface area contributed by atoms with E-state index in [1.165, 1.54) is 30.5 Å². The van der Waals surface area contributed by atoms with Crippen LogP contribution in [0.5, 0.6) is 0 Å². The van der Waals surface area contributed by atoms with Gasteiger partial charge in [-0.3, -0.25) is 0 Å². The van der Waals surface area contributed by atoms with Crippen LogP contribution in [0.4, 0.5) is 37.7 Å². The zero-order valence-electron chi connectivity index (χ0n) is 16.2. The fourth-order valence-corrected chi connectivity index (χ4v) is 2.87. The topological polar surface area (TPSA) is 26.0 Å². The lowest BCUT2D eigenvalue weighted by Gasteiger charge is -2.08. The summed E-state index contributed by atoms with van der Waals surface area (Å²) in [5.74, 6) is 0. The van der Waals surface area contributed by atoms with E-state index in [4.69, 9.17) is 11.6 Å². The summed E-state index contributed by atoms with van der Waals surface area (Å²) in [6, 6.07) is 15.8. The fourth-order valence-electron chi connectivity index (χ4n) is 2.74. The van der Waals surface area contributed by atoms with Crippen molar-refractivity contribution in [3.8, 4) is 0 Å². The molecule has 0 saturated carbocycles. The third-order valence-electron chi connectivity index (χ3n) is 4.34. The van der Waals surface area contributed by atoms with E-state index in [0.29, 0.717) is 22.0 Å². The average Bonchev–Trinajstić information content (AvgIpc) is 2.73. The van der Waals surface area contributed by atoms with Crippen molar-refractivity contribution in [2.24, 2.45) is 0 Å². The van der Waals surface area contributed by atoms with E-state index in [9.17, 15) is 26.3 Å². The first kappa shape index (κ1) is 23.4. The third kappa shape index (κ3) is 6.37. The molecule has 0 spiro atoms. The Morgan fingerprint density at radius 1 is 0.781 bits per heavy atom. The quantitative estimate of drug-likeness (QED) is 0.337. The van der Waals surface area contributed by atoms with Crippen LogP contribution in [0.2, 0.25) is 5.02 Å². The normalized spacial score (nSPS) is 12.9. The summed E-state index contributed by atoms with van der Waals surface area (Å²) in [6.45, 7) is 0. The van der Waals surface area contributed by atoms with Crippen molar-refractivity contribution in [2.75, 3.05) is 5.32 Å². The predicted molar refractivity (Wildman–Crippen MR) is 112 cm³/mol. The minimum absolute atomic E-state index is 0.223. The molecule has 166 valence electrons. The van der Waals surface area contributed by atoms with Gasteiger partial charge in [-0.1, -0.05) is 17.7 Å². The first-order chi connectivity index (χ1) is 15.0. The molecule has 0 unspecified atom stereocenters. The van der Waals surface area contributed by atoms with Crippen LogP contribution in [0.15, 0.2) is 85.1 Å². The molecule has 0 aromatic heterocycles. The molecule has 0 aliphatic carbocycles. The first-order valence-corrected chi connectivity index (χ1v) is 9.58. The molecule has 0 bridgehead atoms. The Hall–Kier alpha value is -3.26. The Bertz CT molecular complexity index is 1110. The summed E-state index contributed by atoms with van der Waals surface area (Å²) in [5.41, 5.74) is 0.198. The first-order valence-electron chi connectivity index (χ1n) is 9.20. The smallest absolute Gasteiger partial charge is 0.361 e. The number of rotatable bonds is 5. The Morgan fingerprint density at radius 3 is 2.00 bits per heavy atom. The maximum absolute atomic E-state index is 12.9.